The number of hydrogen-bond donors (Lipinski definition) is 3. The molecule has 0 atom stereocenters. The summed E-state index contributed by atoms with van der Waals surface area (Å²) in [6, 6.07) is 15.6. The van der Waals surface area contributed by atoms with Gasteiger partial charge in [-0.15, -0.1) is 0 Å². The van der Waals surface area contributed by atoms with E-state index in [1.807, 2.05) is 23.2 Å². The van der Waals surface area contributed by atoms with E-state index in [4.69, 9.17) is 9.05 Å². The first kappa shape index (κ1) is 25.2. The summed E-state index contributed by atoms with van der Waals surface area (Å²) in [5, 5.41) is 14.6. The molecule has 0 unspecified atom stereocenters. The molecule has 0 spiro atoms. The van der Waals surface area contributed by atoms with E-state index >= 15 is 4.39 Å². The minimum atomic E-state index is -0.381. The number of carbonyl (C=O) groups excluding carboxylic acids is 2. The number of nitrogens with zero attached hydrogens (tertiary/aromatic N) is 4. The SMILES string of the molecule is O=C(NCC(=O)N1CCN(c2ccc(-c3cc(CNc4ccon4)on3)cc2F)CC1)c1ccc2cc[nH]c2c1. The molecular weight excluding hydrogens is 517 g/mol. The van der Waals surface area contributed by atoms with Gasteiger partial charge in [0.2, 0.25) is 5.91 Å². The molecule has 11 nitrogen and oxygen atoms in total. The monoisotopic (exact) mass is 543 g/mol. The second-order valence-electron chi connectivity index (χ2n) is 9.41. The van der Waals surface area contributed by atoms with Gasteiger partial charge in [-0.1, -0.05) is 22.4 Å². The highest BCUT2D eigenvalue weighted by molar-refractivity contribution is 5.99. The van der Waals surface area contributed by atoms with Gasteiger partial charge in [-0.25, -0.2) is 4.39 Å². The van der Waals surface area contributed by atoms with Crippen LogP contribution < -0.4 is 15.5 Å². The Morgan fingerprint density at radius 1 is 1.00 bits per heavy atom. The highest BCUT2D eigenvalue weighted by Crippen LogP contribution is 2.27. The van der Waals surface area contributed by atoms with Crippen molar-refractivity contribution in [2.24, 2.45) is 0 Å². The number of piperazine rings is 1. The third kappa shape index (κ3) is 5.37. The van der Waals surface area contributed by atoms with Crippen LogP contribution in [0.25, 0.3) is 22.2 Å². The molecule has 6 rings (SSSR count). The number of hydrogen-bond acceptors (Lipinski definition) is 8. The van der Waals surface area contributed by atoms with E-state index in [9.17, 15) is 9.59 Å². The Morgan fingerprint density at radius 3 is 2.67 bits per heavy atom. The van der Waals surface area contributed by atoms with Gasteiger partial charge in [0.1, 0.15) is 17.8 Å². The Balaban J connectivity index is 1.00. The number of rotatable bonds is 8. The van der Waals surface area contributed by atoms with Crippen LogP contribution in [0.5, 0.6) is 0 Å². The quantitative estimate of drug-likeness (QED) is 0.270. The van der Waals surface area contributed by atoms with Crippen LogP contribution in [0.4, 0.5) is 15.9 Å². The van der Waals surface area contributed by atoms with Crippen LogP contribution >= 0.6 is 0 Å². The number of carbonyl (C=O) groups is 2. The summed E-state index contributed by atoms with van der Waals surface area (Å²) in [6.07, 6.45) is 3.27. The van der Waals surface area contributed by atoms with Gasteiger partial charge in [0, 0.05) is 61.2 Å². The number of aromatic nitrogens is 3. The van der Waals surface area contributed by atoms with E-state index in [-0.39, 0.29) is 24.2 Å². The summed E-state index contributed by atoms with van der Waals surface area (Å²) >= 11 is 0. The predicted molar refractivity (Wildman–Crippen MR) is 145 cm³/mol. The van der Waals surface area contributed by atoms with Crippen LogP contribution in [0.1, 0.15) is 16.1 Å². The zero-order chi connectivity index (χ0) is 27.5. The van der Waals surface area contributed by atoms with Crippen LogP contribution in [-0.4, -0.2) is 64.7 Å². The van der Waals surface area contributed by atoms with Crippen LogP contribution in [0, 0.1) is 5.82 Å². The normalized spacial score (nSPS) is 13.5. The Morgan fingerprint density at radius 2 is 1.88 bits per heavy atom. The van der Waals surface area contributed by atoms with E-state index in [1.165, 1.54) is 12.3 Å². The minimum Gasteiger partial charge on any atom is -0.366 e. The molecule has 0 aliphatic carbocycles. The Bertz CT molecular complexity index is 1640. The van der Waals surface area contributed by atoms with Crippen molar-refractivity contribution in [1.29, 1.82) is 0 Å². The van der Waals surface area contributed by atoms with E-state index in [2.05, 4.69) is 25.9 Å². The molecule has 2 aromatic carbocycles. The van der Waals surface area contributed by atoms with E-state index in [1.54, 1.807) is 41.3 Å². The molecule has 3 aromatic heterocycles. The van der Waals surface area contributed by atoms with Crippen LogP contribution in [0.2, 0.25) is 0 Å². The molecule has 12 heteroatoms. The molecule has 3 N–H and O–H groups in total. The zero-order valence-electron chi connectivity index (χ0n) is 21.4. The molecule has 0 saturated carbocycles. The average Bonchev–Trinajstić information content (AvgIpc) is 3.76. The number of nitrogens with one attached hydrogen (secondary N) is 3. The molecule has 204 valence electrons. The third-order valence-corrected chi connectivity index (χ3v) is 6.87. The largest absolute Gasteiger partial charge is 0.366 e. The molecule has 5 aromatic rings. The first-order valence-electron chi connectivity index (χ1n) is 12.8. The van der Waals surface area contributed by atoms with E-state index in [0.29, 0.717) is 66.8 Å². The summed E-state index contributed by atoms with van der Waals surface area (Å²) < 4.78 is 25.2. The predicted octanol–water partition coefficient (Wildman–Crippen LogP) is 3.64. The number of anilines is 2. The molecule has 1 aliphatic rings. The summed E-state index contributed by atoms with van der Waals surface area (Å²) in [4.78, 5) is 31.9. The lowest BCUT2D eigenvalue weighted by molar-refractivity contribution is -0.130. The van der Waals surface area contributed by atoms with Gasteiger partial charge in [-0.05, 0) is 35.7 Å². The fourth-order valence-corrected chi connectivity index (χ4v) is 4.69. The van der Waals surface area contributed by atoms with Crippen LogP contribution in [0.3, 0.4) is 0 Å². The summed E-state index contributed by atoms with van der Waals surface area (Å²) in [5.41, 5.74) is 2.92. The summed E-state index contributed by atoms with van der Waals surface area (Å²) in [7, 11) is 0. The Kier molecular flexibility index (Phi) is 6.87. The fraction of sp³-hybridized carbons (Fsp3) is 0.214. The van der Waals surface area contributed by atoms with Gasteiger partial charge in [-0.2, -0.15) is 0 Å². The number of benzene rings is 2. The van der Waals surface area contributed by atoms with Crippen molar-refractivity contribution in [2.45, 2.75) is 6.54 Å². The van der Waals surface area contributed by atoms with E-state index in [0.717, 1.165) is 10.9 Å². The molecule has 1 fully saturated rings. The van der Waals surface area contributed by atoms with Crippen molar-refractivity contribution in [3.63, 3.8) is 0 Å². The van der Waals surface area contributed by atoms with Crippen LogP contribution in [-0.2, 0) is 11.3 Å². The topological polar surface area (TPSA) is 133 Å². The van der Waals surface area contributed by atoms with Crippen molar-refractivity contribution in [3.05, 3.63) is 84.2 Å². The van der Waals surface area contributed by atoms with E-state index < -0.39 is 0 Å². The van der Waals surface area contributed by atoms with Gasteiger partial charge >= 0.3 is 0 Å². The molecule has 4 heterocycles. The first-order valence-corrected chi connectivity index (χ1v) is 12.8. The fourth-order valence-electron chi connectivity index (χ4n) is 4.69. The second-order valence-corrected chi connectivity index (χ2v) is 9.41. The Labute approximate surface area is 227 Å². The van der Waals surface area contributed by atoms with Crippen molar-refractivity contribution in [2.75, 3.05) is 42.9 Å². The third-order valence-electron chi connectivity index (χ3n) is 6.87. The van der Waals surface area contributed by atoms with Gasteiger partial charge < -0.3 is 34.5 Å². The van der Waals surface area contributed by atoms with Gasteiger partial charge in [0.25, 0.3) is 5.91 Å². The maximum atomic E-state index is 15.1. The maximum Gasteiger partial charge on any atom is 0.251 e. The molecule has 2 amide bonds. The number of amides is 2. The lowest BCUT2D eigenvalue weighted by atomic mass is 10.1. The summed E-state index contributed by atoms with van der Waals surface area (Å²) in [6.45, 7) is 2.06. The minimum absolute atomic E-state index is 0.0988. The highest BCUT2D eigenvalue weighted by atomic mass is 19.1. The molecule has 1 saturated heterocycles. The summed E-state index contributed by atoms with van der Waals surface area (Å²) in [5.74, 6) is 0.279. The maximum absolute atomic E-state index is 15.1. The van der Waals surface area contributed by atoms with Crippen molar-refractivity contribution >= 4 is 34.2 Å². The number of aromatic amines is 1. The van der Waals surface area contributed by atoms with Crippen molar-refractivity contribution in [1.82, 2.24) is 25.5 Å². The highest BCUT2D eigenvalue weighted by Gasteiger charge is 2.24. The van der Waals surface area contributed by atoms with Crippen LogP contribution in [0.15, 0.2) is 76.1 Å². The average molecular weight is 544 g/mol. The first-order chi connectivity index (χ1) is 19.5. The van der Waals surface area contributed by atoms with Crippen molar-refractivity contribution in [3.8, 4) is 11.3 Å². The number of halogens is 1. The number of H-pyrrole nitrogens is 1. The van der Waals surface area contributed by atoms with Gasteiger partial charge in [0.15, 0.2) is 11.6 Å². The molecule has 40 heavy (non-hydrogen) atoms. The molecule has 1 aliphatic heterocycles. The van der Waals surface area contributed by atoms with Gasteiger partial charge in [-0.3, -0.25) is 9.59 Å². The zero-order valence-corrected chi connectivity index (χ0v) is 21.4. The number of fused-ring (bicyclic) bond motifs is 1. The molecular formula is C28H26FN7O4. The smallest absolute Gasteiger partial charge is 0.251 e. The lowest BCUT2D eigenvalue weighted by Gasteiger charge is -2.36. The second kappa shape index (κ2) is 10.9. The molecule has 0 bridgehead atoms. The lowest BCUT2D eigenvalue weighted by Crippen LogP contribution is -2.51. The van der Waals surface area contributed by atoms with Gasteiger partial charge in [0.05, 0.1) is 18.8 Å². The van der Waals surface area contributed by atoms with Crippen molar-refractivity contribution < 1.29 is 23.0 Å². The standard InChI is InChI=1S/C28H26FN7O4/c29-22-13-19(24-15-21(40-33-24)16-31-26-6-12-39-34-26)3-4-25(22)35-8-10-36(11-9-35)27(37)17-32-28(38)20-2-1-18-5-7-30-23(18)14-20/h1-7,12-15,30H,8-11,16-17H2,(H,31,34)(H,32,38). The molecule has 0 radical (unpaired) electrons. The Hall–Kier alpha value is -5.13.